The number of para-hydroxylation sites is 1. The summed E-state index contributed by atoms with van der Waals surface area (Å²) in [5.74, 6) is -0.569. The van der Waals surface area contributed by atoms with Gasteiger partial charge in [0.05, 0.1) is 16.3 Å². The number of carbonyl (C=O) groups excluding carboxylic acids is 1. The molecule has 4 aromatic rings. The van der Waals surface area contributed by atoms with Crippen LogP contribution in [-0.2, 0) is 14.6 Å². The molecule has 0 N–H and O–H groups in total. The third-order valence-corrected chi connectivity index (χ3v) is 6.82. The third kappa shape index (κ3) is 4.92. The molecule has 168 valence electrons. The molecule has 0 spiro atoms. The number of esters is 1. The van der Waals surface area contributed by atoms with E-state index in [1.165, 1.54) is 16.8 Å². The fourth-order valence-electron chi connectivity index (χ4n) is 3.16. The van der Waals surface area contributed by atoms with Crippen LogP contribution in [0.1, 0.15) is 5.69 Å². The van der Waals surface area contributed by atoms with E-state index in [2.05, 4.69) is 5.10 Å². The van der Waals surface area contributed by atoms with Gasteiger partial charge in [-0.15, -0.1) is 0 Å². The number of aryl methyl sites for hydroxylation is 1. The molecule has 0 saturated carbocycles. The van der Waals surface area contributed by atoms with Gasteiger partial charge in [0, 0.05) is 5.02 Å². The molecule has 0 aliphatic rings. The summed E-state index contributed by atoms with van der Waals surface area (Å²) < 4.78 is 39.1. The molecule has 1 aromatic heterocycles. The molecule has 0 atom stereocenters. The molecular weight excluding hydrogens is 464 g/mol. The fraction of sp³-hybridized carbons (Fsp3) is 0.0833. The van der Waals surface area contributed by atoms with Gasteiger partial charge in [-0.2, -0.15) is 9.78 Å². The average Bonchev–Trinajstić information content (AvgIpc) is 3.16. The maximum absolute atomic E-state index is 13.4. The largest absolute Gasteiger partial charge is 0.482 e. The van der Waals surface area contributed by atoms with Gasteiger partial charge in [-0.3, -0.25) is 0 Å². The third-order valence-electron chi connectivity index (χ3n) is 4.67. The lowest BCUT2D eigenvalue weighted by molar-refractivity contribution is -0.137. The number of hydrogen-bond donors (Lipinski definition) is 0. The highest BCUT2D eigenvalue weighted by molar-refractivity contribution is 7.91. The molecule has 0 unspecified atom stereocenters. The van der Waals surface area contributed by atoms with Crippen LogP contribution in [0.4, 0.5) is 0 Å². The summed E-state index contributed by atoms with van der Waals surface area (Å²) >= 11 is 5.86. The predicted octanol–water partition coefficient (Wildman–Crippen LogP) is 4.65. The van der Waals surface area contributed by atoms with E-state index in [4.69, 9.17) is 21.1 Å². The number of sulfone groups is 1. The van der Waals surface area contributed by atoms with Crippen molar-refractivity contribution in [3.8, 4) is 17.3 Å². The summed E-state index contributed by atoms with van der Waals surface area (Å²) in [6.45, 7) is 1.11. The second kappa shape index (κ2) is 9.48. The van der Waals surface area contributed by atoms with E-state index in [1.807, 2.05) is 6.07 Å². The zero-order valence-corrected chi connectivity index (χ0v) is 19.1. The molecule has 0 radical (unpaired) electrons. The number of rotatable bonds is 7. The van der Waals surface area contributed by atoms with Gasteiger partial charge in [-0.05, 0) is 55.5 Å². The molecule has 0 aliphatic heterocycles. The zero-order valence-electron chi connectivity index (χ0n) is 17.5. The first-order valence-electron chi connectivity index (χ1n) is 9.90. The van der Waals surface area contributed by atoms with Crippen molar-refractivity contribution in [2.75, 3.05) is 6.61 Å². The zero-order chi connectivity index (χ0) is 23.4. The second-order valence-electron chi connectivity index (χ2n) is 7.00. The topological polar surface area (TPSA) is 87.5 Å². The van der Waals surface area contributed by atoms with Crippen molar-refractivity contribution in [3.63, 3.8) is 0 Å². The summed E-state index contributed by atoms with van der Waals surface area (Å²) in [6, 6.07) is 23.2. The highest BCUT2D eigenvalue weighted by Gasteiger charge is 2.32. The van der Waals surface area contributed by atoms with Gasteiger partial charge in [0.25, 0.3) is 0 Å². The summed E-state index contributed by atoms with van der Waals surface area (Å²) in [5.41, 5.74) is 0.737. The summed E-state index contributed by atoms with van der Waals surface area (Å²) in [4.78, 5) is 12.5. The van der Waals surface area contributed by atoms with Gasteiger partial charge < -0.3 is 9.47 Å². The second-order valence-corrected chi connectivity index (χ2v) is 9.32. The van der Waals surface area contributed by atoms with E-state index < -0.39 is 22.4 Å². The first-order chi connectivity index (χ1) is 15.9. The molecule has 0 fully saturated rings. The van der Waals surface area contributed by atoms with Gasteiger partial charge in [-0.25, -0.2) is 13.2 Å². The molecule has 7 nitrogen and oxygen atoms in total. The SMILES string of the molecule is Cc1nn(-c2ccccc2)c(OC(=O)COc2ccc(Cl)cc2)c1S(=O)(=O)c1ccccc1. The van der Waals surface area contributed by atoms with Crippen molar-refractivity contribution in [1.29, 1.82) is 0 Å². The van der Waals surface area contributed by atoms with E-state index in [1.54, 1.807) is 73.7 Å². The van der Waals surface area contributed by atoms with E-state index in [-0.39, 0.29) is 21.4 Å². The number of aromatic nitrogens is 2. The van der Waals surface area contributed by atoms with Crippen LogP contribution in [0, 0.1) is 6.92 Å². The Morgan fingerprint density at radius 3 is 2.18 bits per heavy atom. The molecule has 33 heavy (non-hydrogen) atoms. The van der Waals surface area contributed by atoms with Gasteiger partial charge >= 0.3 is 5.97 Å². The maximum Gasteiger partial charge on any atom is 0.350 e. The number of nitrogens with zero attached hydrogens (tertiary/aromatic N) is 2. The molecule has 0 aliphatic carbocycles. The van der Waals surface area contributed by atoms with Crippen LogP contribution in [-0.4, -0.2) is 30.8 Å². The van der Waals surface area contributed by atoms with E-state index >= 15 is 0 Å². The fourth-order valence-corrected chi connectivity index (χ4v) is 4.83. The number of hydrogen-bond acceptors (Lipinski definition) is 6. The van der Waals surface area contributed by atoms with Crippen LogP contribution >= 0.6 is 11.6 Å². The first kappa shape index (κ1) is 22.6. The van der Waals surface area contributed by atoms with Gasteiger partial charge in [0.1, 0.15) is 5.75 Å². The molecule has 0 bridgehead atoms. The molecule has 0 saturated heterocycles. The number of carbonyl (C=O) groups is 1. The Kier molecular flexibility index (Phi) is 6.48. The number of benzene rings is 3. The van der Waals surface area contributed by atoms with Crippen molar-refractivity contribution in [3.05, 3.63) is 95.6 Å². The van der Waals surface area contributed by atoms with Crippen molar-refractivity contribution in [2.24, 2.45) is 0 Å². The molecular formula is C24H19ClN2O5S. The normalized spacial score (nSPS) is 11.2. The Bertz CT molecular complexity index is 1370. The van der Waals surface area contributed by atoms with Crippen molar-refractivity contribution in [2.45, 2.75) is 16.7 Å². The summed E-state index contributed by atoms with van der Waals surface area (Å²) in [7, 11) is -4.02. The average molecular weight is 483 g/mol. The first-order valence-corrected chi connectivity index (χ1v) is 11.8. The van der Waals surface area contributed by atoms with Crippen LogP contribution in [0.2, 0.25) is 5.02 Å². The smallest absolute Gasteiger partial charge is 0.350 e. The Balaban J connectivity index is 1.71. The van der Waals surface area contributed by atoms with E-state index in [9.17, 15) is 13.2 Å². The van der Waals surface area contributed by atoms with E-state index in [0.29, 0.717) is 16.5 Å². The molecule has 4 rings (SSSR count). The van der Waals surface area contributed by atoms with Crippen LogP contribution in [0.15, 0.2) is 94.7 Å². The lowest BCUT2D eigenvalue weighted by Crippen LogP contribution is -2.20. The predicted molar refractivity (Wildman–Crippen MR) is 123 cm³/mol. The Hall–Kier alpha value is -3.62. The van der Waals surface area contributed by atoms with Gasteiger partial charge in [-0.1, -0.05) is 48.0 Å². The Labute approximate surface area is 196 Å². The minimum absolute atomic E-state index is 0.0652. The van der Waals surface area contributed by atoms with Crippen LogP contribution < -0.4 is 9.47 Å². The number of ether oxygens (including phenoxy) is 2. The lowest BCUT2D eigenvalue weighted by Gasteiger charge is -2.11. The minimum atomic E-state index is -4.02. The monoisotopic (exact) mass is 482 g/mol. The Morgan fingerprint density at radius 1 is 0.939 bits per heavy atom. The van der Waals surface area contributed by atoms with Crippen molar-refractivity contribution >= 4 is 27.4 Å². The standard InChI is InChI=1S/C24H19ClN2O5S/c1-17-23(33(29,30)21-10-6-3-7-11-21)24(27(26-17)19-8-4-2-5-9-19)32-22(28)16-31-20-14-12-18(25)13-15-20/h2-15H,16H2,1H3. The number of halogens is 1. The molecule has 3 aromatic carbocycles. The van der Waals surface area contributed by atoms with Crippen molar-refractivity contribution in [1.82, 2.24) is 9.78 Å². The van der Waals surface area contributed by atoms with Crippen LogP contribution in [0.3, 0.4) is 0 Å². The molecule has 0 amide bonds. The van der Waals surface area contributed by atoms with E-state index in [0.717, 1.165) is 0 Å². The highest BCUT2D eigenvalue weighted by atomic mass is 35.5. The highest BCUT2D eigenvalue weighted by Crippen LogP contribution is 2.34. The van der Waals surface area contributed by atoms with Crippen LogP contribution in [0.5, 0.6) is 11.6 Å². The quantitative estimate of drug-likeness (QED) is 0.356. The van der Waals surface area contributed by atoms with Gasteiger partial charge in [0.15, 0.2) is 11.5 Å². The maximum atomic E-state index is 13.4. The lowest BCUT2D eigenvalue weighted by atomic mass is 10.3. The Morgan fingerprint density at radius 2 is 1.55 bits per heavy atom. The van der Waals surface area contributed by atoms with Crippen LogP contribution in [0.25, 0.3) is 5.69 Å². The summed E-state index contributed by atoms with van der Waals surface area (Å²) in [6.07, 6.45) is 0. The molecule has 1 heterocycles. The van der Waals surface area contributed by atoms with Gasteiger partial charge in [0.2, 0.25) is 15.7 Å². The van der Waals surface area contributed by atoms with Crippen molar-refractivity contribution < 1.29 is 22.7 Å². The summed E-state index contributed by atoms with van der Waals surface area (Å²) in [5, 5.41) is 4.89. The molecule has 9 heteroatoms. The minimum Gasteiger partial charge on any atom is -0.482 e.